The van der Waals surface area contributed by atoms with Gasteiger partial charge >= 0.3 is 5.97 Å². The molecule has 3 N–H and O–H groups in total. The number of carboxylic acid groups (broad SMARTS) is 1. The fraction of sp³-hybridized carbons (Fsp3) is 0.429. The summed E-state index contributed by atoms with van der Waals surface area (Å²) in [6, 6.07) is 7.01. The van der Waals surface area contributed by atoms with Crippen LogP contribution in [-0.2, 0) is 19.7 Å². The van der Waals surface area contributed by atoms with Gasteiger partial charge in [-0.05, 0) is 24.5 Å². The predicted octanol–water partition coefficient (Wildman–Crippen LogP) is 1.02. The largest absolute Gasteiger partial charge is 0.481 e. The maximum absolute atomic E-state index is 11.7. The smallest absolute Gasteiger partial charge is 0.310 e. The van der Waals surface area contributed by atoms with Gasteiger partial charge in [-0.1, -0.05) is 24.3 Å². The summed E-state index contributed by atoms with van der Waals surface area (Å²) in [7, 11) is 0. The Bertz CT molecular complexity index is 489. The minimum absolute atomic E-state index is 0.288. The molecule has 5 heteroatoms. The Labute approximate surface area is 111 Å². The number of nitrogens with two attached hydrogens (primary N) is 1. The lowest BCUT2D eigenvalue weighted by Gasteiger charge is -2.24. The summed E-state index contributed by atoms with van der Waals surface area (Å²) in [5, 5.41) is 8.96. The van der Waals surface area contributed by atoms with E-state index >= 15 is 0 Å². The van der Waals surface area contributed by atoms with Gasteiger partial charge < -0.3 is 15.6 Å². The summed E-state index contributed by atoms with van der Waals surface area (Å²) in [6.45, 7) is 2.42. The van der Waals surface area contributed by atoms with Crippen LogP contribution >= 0.6 is 0 Å². The molecule has 0 spiro atoms. The van der Waals surface area contributed by atoms with E-state index in [9.17, 15) is 9.59 Å². The van der Waals surface area contributed by atoms with E-state index in [0.717, 1.165) is 5.56 Å². The zero-order valence-electron chi connectivity index (χ0n) is 10.8. The number of hydrogen-bond acceptors (Lipinski definition) is 3. The van der Waals surface area contributed by atoms with Crippen molar-refractivity contribution in [1.82, 2.24) is 0 Å². The van der Waals surface area contributed by atoms with E-state index in [4.69, 9.17) is 15.6 Å². The molecule has 1 saturated heterocycles. The summed E-state index contributed by atoms with van der Waals surface area (Å²) in [4.78, 5) is 22.6. The fourth-order valence-electron chi connectivity index (χ4n) is 2.36. The average Bonchev–Trinajstić information content (AvgIpc) is 2.88. The monoisotopic (exact) mass is 263 g/mol. The first-order valence-corrected chi connectivity index (χ1v) is 6.18. The second-order valence-electron chi connectivity index (χ2n) is 4.93. The lowest BCUT2D eigenvalue weighted by molar-refractivity contribution is -0.138. The molecule has 1 aliphatic heterocycles. The highest BCUT2D eigenvalue weighted by Crippen LogP contribution is 2.33. The lowest BCUT2D eigenvalue weighted by atomic mass is 9.78. The highest BCUT2D eigenvalue weighted by Gasteiger charge is 2.42. The topological polar surface area (TPSA) is 89.6 Å². The van der Waals surface area contributed by atoms with Crippen molar-refractivity contribution < 1.29 is 19.4 Å². The van der Waals surface area contributed by atoms with Gasteiger partial charge in [-0.3, -0.25) is 9.59 Å². The van der Waals surface area contributed by atoms with Crippen molar-refractivity contribution in [1.29, 1.82) is 0 Å². The quantitative estimate of drug-likeness (QED) is 0.848. The van der Waals surface area contributed by atoms with Crippen LogP contribution < -0.4 is 5.73 Å². The van der Waals surface area contributed by atoms with Gasteiger partial charge in [0.1, 0.15) is 0 Å². The maximum atomic E-state index is 11.7. The molecule has 1 amide bonds. The molecule has 2 atom stereocenters. The molecular weight excluding hydrogens is 246 g/mol. The van der Waals surface area contributed by atoms with Crippen LogP contribution in [0.25, 0.3) is 0 Å². The van der Waals surface area contributed by atoms with Gasteiger partial charge in [0.15, 0.2) is 0 Å². The number of carboxylic acids is 1. The predicted molar refractivity (Wildman–Crippen MR) is 68.8 cm³/mol. The molecule has 5 nitrogen and oxygen atoms in total. The number of aliphatic carboxylic acids is 1. The van der Waals surface area contributed by atoms with E-state index in [1.165, 1.54) is 0 Å². The normalized spacial score (nSPS) is 24.1. The van der Waals surface area contributed by atoms with Crippen LogP contribution in [0.4, 0.5) is 0 Å². The second kappa shape index (κ2) is 5.01. The molecule has 0 aromatic heterocycles. The average molecular weight is 263 g/mol. The third-order valence-electron chi connectivity index (χ3n) is 3.83. The van der Waals surface area contributed by atoms with Gasteiger partial charge in [-0.15, -0.1) is 0 Å². The third kappa shape index (κ3) is 2.33. The van der Waals surface area contributed by atoms with E-state index in [2.05, 4.69) is 0 Å². The molecule has 0 bridgehead atoms. The van der Waals surface area contributed by atoms with Gasteiger partial charge in [-0.2, -0.15) is 0 Å². The Morgan fingerprint density at radius 1 is 1.37 bits per heavy atom. The molecule has 2 unspecified atom stereocenters. The van der Waals surface area contributed by atoms with Crippen LogP contribution in [-0.4, -0.2) is 30.2 Å². The zero-order valence-corrected chi connectivity index (χ0v) is 10.8. The van der Waals surface area contributed by atoms with E-state index in [1.807, 2.05) is 0 Å². The van der Waals surface area contributed by atoms with E-state index in [1.54, 1.807) is 31.2 Å². The molecule has 19 heavy (non-hydrogen) atoms. The Morgan fingerprint density at radius 3 is 2.42 bits per heavy atom. The van der Waals surface area contributed by atoms with E-state index < -0.39 is 23.2 Å². The second-order valence-corrected chi connectivity index (χ2v) is 4.93. The third-order valence-corrected chi connectivity index (χ3v) is 3.83. The van der Waals surface area contributed by atoms with Crippen LogP contribution in [0.5, 0.6) is 0 Å². The first-order chi connectivity index (χ1) is 8.97. The Morgan fingerprint density at radius 2 is 2.00 bits per heavy atom. The number of amides is 1. The van der Waals surface area contributed by atoms with Crippen molar-refractivity contribution in [3.63, 3.8) is 0 Å². The van der Waals surface area contributed by atoms with Gasteiger partial charge in [-0.25, -0.2) is 0 Å². The van der Waals surface area contributed by atoms with Crippen LogP contribution in [0.1, 0.15) is 30.4 Å². The number of carbonyl (C=O) groups is 2. The van der Waals surface area contributed by atoms with Crippen molar-refractivity contribution in [2.24, 2.45) is 5.73 Å². The Hall–Kier alpha value is -1.88. The summed E-state index contributed by atoms with van der Waals surface area (Å²) in [6.07, 6.45) is 0.566. The van der Waals surface area contributed by atoms with Crippen LogP contribution in [0.3, 0.4) is 0 Å². The van der Waals surface area contributed by atoms with Gasteiger partial charge in [0.25, 0.3) is 0 Å². The molecule has 0 radical (unpaired) electrons. The van der Waals surface area contributed by atoms with Crippen molar-refractivity contribution in [3.05, 3.63) is 35.4 Å². The molecule has 102 valence electrons. The van der Waals surface area contributed by atoms with Crippen molar-refractivity contribution in [2.45, 2.75) is 24.7 Å². The highest BCUT2D eigenvalue weighted by molar-refractivity contribution is 5.87. The summed E-state index contributed by atoms with van der Waals surface area (Å²) >= 11 is 0. The Balaban J connectivity index is 2.31. The van der Waals surface area contributed by atoms with Gasteiger partial charge in [0, 0.05) is 6.61 Å². The summed E-state index contributed by atoms with van der Waals surface area (Å²) in [5.74, 6) is -1.84. The minimum atomic E-state index is -0.874. The summed E-state index contributed by atoms with van der Waals surface area (Å²) < 4.78 is 5.30. The molecule has 1 aromatic rings. The number of hydrogen-bond donors (Lipinski definition) is 2. The maximum Gasteiger partial charge on any atom is 0.310 e. The summed E-state index contributed by atoms with van der Waals surface area (Å²) in [5.41, 5.74) is 6.22. The molecule has 1 fully saturated rings. The molecular formula is C14H17NO4. The molecule has 1 aromatic carbocycles. The van der Waals surface area contributed by atoms with E-state index in [-0.39, 0.29) is 6.61 Å². The molecule has 1 aliphatic rings. The first kappa shape index (κ1) is 13.5. The van der Waals surface area contributed by atoms with Crippen molar-refractivity contribution in [3.8, 4) is 0 Å². The van der Waals surface area contributed by atoms with Crippen molar-refractivity contribution in [2.75, 3.05) is 13.2 Å². The molecule has 1 heterocycles. The Kier molecular flexibility index (Phi) is 3.57. The number of primary amides is 1. The minimum Gasteiger partial charge on any atom is -0.481 e. The molecule has 0 saturated carbocycles. The standard InChI is InChI=1S/C14H17NO4/c1-9(12(16)17)10-2-4-11(5-3-10)14(13(15)18)6-7-19-8-14/h2-5,9H,6-8H2,1H3,(H2,15,18)(H,16,17). The lowest BCUT2D eigenvalue weighted by Crippen LogP contribution is -2.41. The van der Waals surface area contributed by atoms with Gasteiger partial charge in [0.05, 0.1) is 17.9 Å². The number of ether oxygens (including phenoxy) is 1. The van der Waals surface area contributed by atoms with Crippen LogP contribution in [0.2, 0.25) is 0 Å². The number of carbonyl (C=O) groups excluding carboxylic acids is 1. The van der Waals surface area contributed by atoms with Gasteiger partial charge in [0.2, 0.25) is 5.91 Å². The zero-order chi connectivity index (χ0) is 14.0. The van der Waals surface area contributed by atoms with Crippen LogP contribution in [0, 0.1) is 0 Å². The van der Waals surface area contributed by atoms with Crippen LogP contribution in [0.15, 0.2) is 24.3 Å². The fourth-order valence-corrected chi connectivity index (χ4v) is 2.36. The van der Waals surface area contributed by atoms with E-state index in [0.29, 0.717) is 18.6 Å². The first-order valence-electron chi connectivity index (χ1n) is 6.18. The number of benzene rings is 1. The number of rotatable bonds is 4. The van der Waals surface area contributed by atoms with Crippen molar-refractivity contribution >= 4 is 11.9 Å². The SMILES string of the molecule is CC(C(=O)O)c1ccc(C2(C(N)=O)CCOC2)cc1. The molecule has 2 rings (SSSR count). The molecule has 0 aliphatic carbocycles. The highest BCUT2D eigenvalue weighted by atomic mass is 16.5.